The highest BCUT2D eigenvalue weighted by atomic mass is 16.3. The standard InChI is InChI=1S/C17H29N3O/c1-13(2)19-7-3-4-14(10-19)8-17-18-9-16-6-5-15(12-21)11-20(16)17/h9,13-15,21H,3-8,10-12H2,1-2H3. The summed E-state index contributed by atoms with van der Waals surface area (Å²) in [6.07, 6.45) is 7.98. The SMILES string of the molecule is CC(C)N1CCCC(Cc2ncc3n2CC(CO)CC3)C1. The lowest BCUT2D eigenvalue weighted by Gasteiger charge is -2.35. The molecule has 1 N–H and O–H groups in total. The van der Waals surface area contributed by atoms with Gasteiger partial charge < -0.3 is 14.6 Å². The monoisotopic (exact) mass is 291 g/mol. The molecule has 1 fully saturated rings. The minimum atomic E-state index is 0.307. The Bertz CT molecular complexity index is 469. The van der Waals surface area contributed by atoms with E-state index in [0.29, 0.717) is 18.6 Å². The average Bonchev–Trinajstić information content (AvgIpc) is 2.89. The predicted molar refractivity (Wildman–Crippen MR) is 84.3 cm³/mol. The van der Waals surface area contributed by atoms with E-state index in [2.05, 4.69) is 29.5 Å². The number of likely N-dealkylation sites (tertiary alicyclic amines) is 1. The molecule has 21 heavy (non-hydrogen) atoms. The van der Waals surface area contributed by atoms with E-state index in [1.165, 1.54) is 37.4 Å². The van der Waals surface area contributed by atoms with Crippen LogP contribution < -0.4 is 0 Å². The van der Waals surface area contributed by atoms with Crippen molar-refractivity contribution in [3.8, 4) is 0 Å². The first-order valence-electron chi connectivity index (χ1n) is 8.55. The fraction of sp³-hybridized carbons (Fsp3) is 0.824. The van der Waals surface area contributed by atoms with E-state index in [1.54, 1.807) is 0 Å². The molecule has 0 bridgehead atoms. The molecule has 0 spiro atoms. The molecule has 0 aromatic carbocycles. The van der Waals surface area contributed by atoms with Crippen molar-refractivity contribution < 1.29 is 5.11 Å². The van der Waals surface area contributed by atoms with Gasteiger partial charge in [0.05, 0.1) is 0 Å². The fourth-order valence-corrected chi connectivity index (χ4v) is 3.88. The maximum absolute atomic E-state index is 9.42. The molecule has 1 aromatic rings. The summed E-state index contributed by atoms with van der Waals surface area (Å²) in [7, 11) is 0. The van der Waals surface area contributed by atoms with Gasteiger partial charge in [0.25, 0.3) is 0 Å². The van der Waals surface area contributed by atoms with E-state index < -0.39 is 0 Å². The number of imidazole rings is 1. The summed E-state index contributed by atoms with van der Waals surface area (Å²) in [6, 6.07) is 0.653. The summed E-state index contributed by atoms with van der Waals surface area (Å²) in [5.41, 5.74) is 1.37. The number of aryl methyl sites for hydroxylation is 1. The summed E-state index contributed by atoms with van der Waals surface area (Å²) in [5.74, 6) is 2.41. The molecule has 1 saturated heterocycles. The van der Waals surface area contributed by atoms with Crippen molar-refractivity contribution in [2.24, 2.45) is 11.8 Å². The third kappa shape index (κ3) is 3.32. The van der Waals surface area contributed by atoms with E-state index in [-0.39, 0.29) is 0 Å². The molecule has 4 heteroatoms. The second-order valence-corrected chi connectivity index (χ2v) is 7.16. The normalized spacial score (nSPS) is 27.0. The second kappa shape index (κ2) is 6.49. The summed E-state index contributed by atoms with van der Waals surface area (Å²) >= 11 is 0. The Labute approximate surface area is 128 Å². The van der Waals surface area contributed by atoms with Crippen LogP contribution in [0.3, 0.4) is 0 Å². The molecule has 2 atom stereocenters. The van der Waals surface area contributed by atoms with E-state index in [4.69, 9.17) is 4.98 Å². The van der Waals surface area contributed by atoms with Crippen molar-refractivity contribution >= 4 is 0 Å². The quantitative estimate of drug-likeness (QED) is 0.923. The van der Waals surface area contributed by atoms with Crippen LogP contribution in [0.15, 0.2) is 6.20 Å². The van der Waals surface area contributed by atoms with Crippen LogP contribution in [0.5, 0.6) is 0 Å². The topological polar surface area (TPSA) is 41.3 Å². The average molecular weight is 291 g/mol. The van der Waals surface area contributed by atoms with Gasteiger partial charge in [-0.1, -0.05) is 0 Å². The van der Waals surface area contributed by atoms with Crippen LogP contribution in [-0.2, 0) is 19.4 Å². The van der Waals surface area contributed by atoms with E-state index in [9.17, 15) is 5.11 Å². The third-order valence-corrected chi connectivity index (χ3v) is 5.28. The molecule has 118 valence electrons. The number of aliphatic hydroxyl groups excluding tert-OH is 1. The number of nitrogens with zero attached hydrogens (tertiary/aromatic N) is 3. The molecule has 1 aromatic heterocycles. The molecular weight excluding hydrogens is 262 g/mol. The van der Waals surface area contributed by atoms with Crippen LogP contribution in [0.25, 0.3) is 0 Å². The van der Waals surface area contributed by atoms with Gasteiger partial charge >= 0.3 is 0 Å². The predicted octanol–water partition coefficient (Wildman–Crippen LogP) is 2.10. The molecule has 3 heterocycles. The van der Waals surface area contributed by atoms with Gasteiger partial charge in [0.1, 0.15) is 5.82 Å². The zero-order chi connectivity index (χ0) is 14.8. The Morgan fingerprint density at radius 3 is 2.90 bits per heavy atom. The zero-order valence-electron chi connectivity index (χ0n) is 13.5. The van der Waals surface area contributed by atoms with Gasteiger partial charge in [0.15, 0.2) is 0 Å². The van der Waals surface area contributed by atoms with Crippen LogP contribution in [0.2, 0.25) is 0 Å². The molecule has 4 nitrogen and oxygen atoms in total. The molecule has 2 aliphatic heterocycles. The van der Waals surface area contributed by atoms with Gasteiger partial charge in [-0.15, -0.1) is 0 Å². The number of hydrogen-bond donors (Lipinski definition) is 1. The van der Waals surface area contributed by atoms with Crippen LogP contribution in [-0.4, -0.2) is 45.3 Å². The van der Waals surface area contributed by atoms with E-state index in [0.717, 1.165) is 31.7 Å². The van der Waals surface area contributed by atoms with E-state index >= 15 is 0 Å². The number of aliphatic hydroxyl groups is 1. The minimum Gasteiger partial charge on any atom is -0.396 e. The third-order valence-electron chi connectivity index (χ3n) is 5.28. The van der Waals surface area contributed by atoms with Crippen LogP contribution in [0.1, 0.15) is 44.6 Å². The Morgan fingerprint density at radius 1 is 1.29 bits per heavy atom. The van der Waals surface area contributed by atoms with Gasteiger partial charge in [-0.05, 0) is 52.0 Å². The van der Waals surface area contributed by atoms with Crippen molar-refractivity contribution in [3.05, 3.63) is 17.7 Å². The van der Waals surface area contributed by atoms with Crippen LogP contribution in [0.4, 0.5) is 0 Å². The summed E-state index contributed by atoms with van der Waals surface area (Å²) in [5, 5.41) is 9.42. The lowest BCUT2D eigenvalue weighted by atomic mass is 9.93. The molecule has 0 saturated carbocycles. The summed E-state index contributed by atoms with van der Waals surface area (Å²) in [4.78, 5) is 7.30. The molecule has 3 rings (SSSR count). The maximum atomic E-state index is 9.42. The van der Waals surface area contributed by atoms with Crippen LogP contribution >= 0.6 is 0 Å². The zero-order valence-corrected chi connectivity index (χ0v) is 13.5. The summed E-state index contributed by atoms with van der Waals surface area (Å²) < 4.78 is 2.39. The Kier molecular flexibility index (Phi) is 4.65. The fourth-order valence-electron chi connectivity index (χ4n) is 3.88. The van der Waals surface area contributed by atoms with Gasteiger partial charge in [-0.25, -0.2) is 4.98 Å². The largest absolute Gasteiger partial charge is 0.396 e. The first-order valence-corrected chi connectivity index (χ1v) is 8.55. The first-order chi connectivity index (χ1) is 10.2. The molecule has 0 radical (unpaired) electrons. The Balaban J connectivity index is 1.67. The minimum absolute atomic E-state index is 0.307. The Hall–Kier alpha value is -0.870. The van der Waals surface area contributed by atoms with Gasteiger partial charge in [-0.3, -0.25) is 0 Å². The number of piperidine rings is 1. The van der Waals surface area contributed by atoms with Gasteiger partial charge in [0, 0.05) is 50.0 Å². The maximum Gasteiger partial charge on any atom is 0.109 e. The molecule has 0 amide bonds. The van der Waals surface area contributed by atoms with Crippen molar-refractivity contribution in [2.75, 3.05) is 19.7 Å². The Morgan fingerprint density at radius 2 is 2.14 bits per heavy atom. The highest BCUT2D eigenvalue weighted by Crippen LogP contribution is 2.26. The highest BCUT2D eigenvalue weighted by molar-refractivity contribution is 5.09. The van der Waals surface area contributed by atoms with Crippen LogP contribution in [0, 0.1) is 11.8 Å². The van der Waals surface area contributed by atoms with Crippen molar-refractivity contribution in [3.63, 3.8) is 0 Å². The summed E-state index contributed by atoms with van der Waals surface area (Å²) in [6.45, 7) is 8.32. The number of rotatable bonds is 4. The number of hydrogen-bond acceptors (Lipinski definition) is 3. The lowest BCUT2D eigenvalue weighted by molar-refractivity contribution is 0.137. The van der Waals surface area contributed by atoms with Gasteiger partial charge in [0.2, 0.25) is 0 Å². The smallest absolute Gasteiger partial charge is 0.109 e. The molecule has 2 aliphatic rings. The highest BCUT2D eigenvalue weighted by Gasteiger charge is 2.26. The molecule has 0 aliphatic carbocycles. The lowest BCUT2D eigenvalue weighted by Crippen LogP contribution is -2.40. The first kappa shape index (κ1) is 15.0. The number of fused-ring (bicyclic) bond motifs is 1. The van der Waals surface area contributed by atoms with Gasteiger partial charge in [-0.2, -0.15) is 0 Å². The molecular formula is C17H29N3O. The molecule has 2 unspecified atom stereocenters. The van der Waals surface area contributed by atoms with Crippen molar-refractivity contribution in [1.29, 1.82) is 0 Å². The van der Waals surface area contributed by atoms with E-state index in [1.807, 2.05) is 0 Å². The number of aromatic nitrogens is 2. The van der Waals surface area contributed by atoms with Crippen molar-refractivity contribution in [1.82, 2.24) is 14.5 Å². The van der Waals surface area contributed by atoms with Crippen molar-refractivity contribution in [2.45, 2.75) is 58.5 Å². The second-order valence-electron chi connectivity index (χ2n) is 7.16.